The minimum absolute atomic E-state index is 0.351. The molecule has 6 nitrogen and oxygen atoms in total. The number of methoxy groups -OCH3 is 1. The highest BCUT2D eigenvalue weighted by Crippen LogP contribution is 2.37. The zero-order chi connectivity index (χ0) is 24.1. The van der Waals surface area contributed by atoms with Crippen LogP contribution >= 0.6 is 0 Å². The molecule has 3 aromatic rings. The lowest BCUT2D eigenvalue weighted by Gasteiger charge is -2.25. The summed E-state index contributed by atoms with van der Waals surface area (Å²) < 4.78 is 11.0. The van der Waals surface area contributed by atoms with Crippen molar-refractivity contribution in [3.63, 3.8) is 0 Å². The van der Waals surface area contributed by atoms with Crippen LogP contribution in [0.25, 0.3) is 5.57 Å². The molecule has 0 unspecified atom stereocenters. The second-order valence-electron chi connectivity index (χ2n) is 7.82. The van der Waals surface area contributed by atoms with Crippen LogP contribution in [0.15, 0.2) is 84.6 Å². The molecule has 1 aliphatic heterocycles. The minimum atomic E-state index is -0.368. The summed E-state index contributed by atoms with van der Waals surface area (Å²) in [6, 6.07) is 23.9. The first-order valence-corrected chi connectivity index (χ1v) is 11.4. The first kappa shape index (κ1) is 23.1. The van der Waals surface area contributed by atoms with Gasteiger partial charge in [0.05, 0.1) is 25.0 Å². The Hall–Kier alpha value is -4.06. The molecule has 1 heterocycles. The molecule has 0 saturated heterocycles. The molecule has 0 radical (unpaired) electrons. The topological polar surface area (TPSA) is 59.1 Å². The number of ether oxygens (including phenoxy) is 2. The molecule has 34 heavy (non-hydrogen) atoms. The molecule has 0 spiro atoms. The molecule has 174 valence electrons. The van der Waals surface area contributed by atoms with Crippen molar-refractivity contribution >= 4 is 28.8 Å². The van der Waals surface area contributed by atoms with Crippen LogP contribution in [0.2, 0.25) is 0 Å². The fourth-order valence-electron chi connectivity index (χ4n) is 4.03. The summed E-state index contributed by atoms with van der Waals surface area (Å²) in [5.74, 6) is 0.562. The number of para-hydroxylation sites is 1. The second-order valence-corrected chi connectivity index (χ2v) is 7.82. The summed E-state index contributed by atoms with van der Waals surface area (Å²) in [6.45, 7) is 5.07. The van der Waals surface area contributed by atoms with E-state index in [1.54, 1.807) is 37.4 Å². The third-order valence-corrected chi connectivity index (χ3v) is 5.64. The van der Waals surface area contributed by atoms with Crippen molar-refractivity contribution in [2.24, 2.45) is 0 Å². The van der Waals surface area contributed by atoms with E-state index in [0.717, 1.165) is 12.1 Å². The van der Waals surface area contributed by atoms with Crippen molar-refractivity contribution in [2.45, 2.75) is 20.3 Å². The molecule has 0 atom stereocenters. The Labute approximate surface area is 200 Å². The van der Waals surface area contributed by atoms with Crippen LogP contribution in [-0.4, -0.2) is 32.1 Å². The van der Waals surface area contributed by atoms with Crippen molar-refractivity contribution in [3.8, 4) is 11.5 Å². The van der Waals surface area contributed by atoms with Gasteiger partial charge in [-0.1, -0.05) is 43.3 Å². The van der Waals surface area contributed by atoms with Gasteiger partial charge in [-0.3, -0.25) is 9.59 Å². The summed E-state index contributed by atoms with van der Waals surface area (Å²) in [6.07, 6.45) is 0.863. The molecule has 1 aliphatic rings. The Kier molecular flexibility index (Phi) is 6.97. The highest BCUT2D eigenvalue weighted by atomic mass is 16.5. The van der Waals surface area contributed by atoms with E-state index in [1.165, 1.54) is 4.90 Å². The van der Waals surface area contributed by atoms with E-state index in [2.05, 4.69) is 0 Å². The summed E-state index contributed by atoms with van der Waals surface area (Å²) in [4.78, 5) is 30.8. The Bertz CT molecular complexity index is 1200. The number of carbonyl (C=O) groups is 2. The van der Waals surface area contributed by atoms with Gasteiger partial charge in [-0.2, -0.15) is 0 Å². The van der Waals surface area contributed by atoms with E-state index >= 15 is 0 Å². The predicted molar refractivity (Wildman–Crippen MR) is 134 cm³/mol. The molecule has 0 aromatic heterocycles. The number of imide groups is 1. The largest absolute Gasteiger partial charge is 0.497 e. The molecule has 3 aromatic carbocycles. The number of rotatable bonds is 9. The van der Waals surface area contributed by atoms with E-state index in [1.807, 2.05) is 67.3 Å². The molecular weight excluding hydrogens is 428 g/mol. The average Bonchev–Trinajstić information content (AvgIpc) is 3.14. The van der Waals surface area contributed by atoms with Gasteiger partial charge in [-0.05, 0) is 55.3 Å². The van der Waals surface area contributed by atoms with Crippen molar-refractivity contribution in [1.29, 1.82) is 0 Å². The normalized spacial score (nSPS) is 13.4. The Morgan fingerprint density at radius 2 is 1.56 bits per heavy atom. The molecule has 4 rings (SSSR count). The van der Waals surface area contributed by atoms with Crippen LogP contribution in [0.1, 0.15) is 25.8 Å². The molecule has 2 amide bonds. The van der Waals surface area contributed by atoms with Gasteiger partial charge in [0.1, 0.15) is 17.2 Å². The van der Waals surface area contributed by atoms with Crippen LogP contribution in [-0.2, 0) is 9.59 Å². The van der Waals surface area contributed by atoms with Crippen molar-refractivity contribution in [1.82, 2.24) is 0 Å². The quantitative estimate of drug-likeness (QED) is 0.409. The molecular formula is C28H28N2O4. The molecule has 0 aliphatic carbocycles. The lowest BCUT2D eigenvalue weighted by molar-refractivity contribution is -0.120. The van der Waals surface area contributed by atoms with Gasteiger partial charge in [0.15, 0.2) is 0 Å². The van der Waals surface area contributed by atoms with E-state index < -0.39 is 0 Å². The van der Waals surface area contributed by atoms with E-state index in [0.29, 0.717) is 47.2 Å². The second kappa shape index (κ2) is 10.3. The van der Waals surface area contributed by atoms with Gasteiger partial charge in [-0.15, -0.1) is 0 Å². The summed E-state index contributed by atoms with van der Waals surface area (Å²) in [5, 5.41) is 0. The van der Waals surface area contributed by atoms with E-state index in [4.69, 9.17) is 9.47 Å². The third-order valence-electron chi connectivity index (χ3n) is 5.64. The zero-order valence-corrected chi connectivity index (χ0v) is 19.7. The minimum Gasteiger partial charge on any atom is -0.497 e. The number of anilines is 2. The number of amides is 2. The van der Waals surface area contributed by atoms with Crippen LogP contribution < -0.4 is 19.3 Å². The number of hydrogen-bond acceptors (Lipinski definition) is 5. The van der Waals surface area contributed by atoms with Gasteiger partial charge in [0.2, 0.25) is 0 Å². The van der Waals surface area contributed by atoms with E-state index in [9.17, 15) is 9.59 Å². The van der Waals surface area contributed by atoms with Crippen molar-refractivity contribution in [3.05, 3.63) is 90.1 Å². The average molecular weight is 457 g/mol. The smallest absolute Gasteiger partial charge is 0.282 e. The Morgan fingerprint density at radius 3 is 2.21 bits per heavy atom. The summed E-state index contributed by atoms with van der Waals surface area (Å²) in [5.41, 5.74) is 2.69. The first-order chi connectivity index (χ1) is 16.6. The monoisotopic (exact) mass is 456 g/mol. The zero-order valence-electron chi connectivity index (χ0n) is 19.7. The molecule has 0 N–H and O–H groups in total. The maximum absolute atomic E-state index is 13.9. The number of carbonyl (C=O) groups excluding carboxylic acids is 2. The van der Waals surface area contributed by atoms with Crippen LogP contribution in [0.3, 0.4) is 0 Å². The fraction of sp³-hybridized carbons (Fsp3) is 0.214. The van der Waals surface area contributed by atoms with Crippen LogP contribution in [0.4, 0.5) is 11.4 Å². The lowest BCUT2D eigenvalue weighted by atomic mass is 10.0. The number of likely N-dealkylation sites (N-methyl/N-ethyl adjacent to an activating group) is 1. The van der Waals surface area contributed by atoms with Gasteiger partial charge < -0.3 is 14.4 Å². The maximum atomic E-state index is 13.9. The molecule has 0 saturated carbocycles. The molecule has 6 heteroatoms. The lowest BCUT2D eigenvalue weighted by Crippen LogP contribution is -2.35. The number of hydrogen-bond donors (Lipinski definition) is 0. The highest BCUT2D eigenvalue weighted by Gasteiger charge is 2.42. The highest BCUT2D eigenvalue weighted by molar-refractivity contribution is 6.46. The van der Waals surface area contributed by atoms with E-state index in [-0.39, 0.29) is 11.8 Å². The summed E-state index contributed by atoms with van der Waals surface area (Å²) in [7, 11) is 1.59. The third kappa shape index (κ3) is 4.39. The standard InChI is InChI=1S/C28H28N2O4/c1-4-18-34-24-13-9-12-22(19-24)30-27(31)25(20-14-16-23(33-3)17-15-20)26(28(30)32)29(5-2)21-10-7-6-8-11-21/h6-17,19H,4-5,18H2,1-3H3. The Morgan fingerprint density at radius 1 is 0.824 bits per heavy atom. The SMILES string of the molecule is CCCOc1cccc(N2C(=O)C(c3ccc(OC)cc3)=C(N(CC)c3ccccc3)C2=O)c1. The molecule has 0 fully saturated rings. The number of nitrogens with zero attached hydrogens (tertiary/aromatic N) is 2. The van der Waals surface area contributed by atoms with Crippen molar-refractivity contribution in [2.75, 3.05) is 30.1 Å². The van der Waals surface area contributed by atoms with Crippen molar-refractivity contribution < 1.29 is 19.1 Å². The van der Waals surface area contributed by atoms with Crippen LogP contribution in [0.5, 0.6) is 11.5 Å². The first-order valence-electron chi connectivity index (χ1n) is 11.4. The Balaban J connectivity index is 1.83. The van der Waals surface area contributed by atoms with Crippen LogP contribution in [0, 0.1) is 0 Å². The van der Waals surface area contributed by atoms with Gasteiger partial charge >= 0.3 is 0 Å². The van der Waals surface area contributed by atoms with Gasteiger partial charge in [-0.25, -0.2) is 4.90 Å². The number of benzene rings is 3. The van der Waals surface area contributed by atoms with Gasteiger partial charge in [0, 0.05) is 18.3 Å². The summed E-state index contributed by atoms with van der Waals surface area (Å²) >= 11 is 0. The predicted octanol–water partition coefficient (Wildman–Crippen LogP) is 5.30. The molecule has 0 bridgehead atoms. The van der Waals surface area contributed by atoms with Gasteiger partial charge in [0.25, 0.3) is 11.8 Å². The maximum Gasteiger partial charge on any atom is 0.282 e. The fourth-order valence-corrected chi connectivity index (χ4v) is 4.03.